The van der Waals surface area contributed by atoms with E-state index in [1.54, 1.807) is 5.38 Å². The van der Waals surface area contributed by atoms with Gasteiger partial charge in [-0.1, -0.05) is 0 Å². The molecule has 10 nitrogen and oxygen atoms in total. The van der Waals surface area contributed by atoms with Crippen molar-refractivity contribution in [1.82, 2.24) is 9.55 Å². The highest BCUT2D eigenvalue weighted by molar-refractivity contribution is 7.13. The maximum Gasteiger partial charge on any atom is 0.343 e. The highest BCUT2D eigenvalue weighted by atomic mass is 32.1. The number of methoxy groups -OCH3 is 1. The second kappa shape index (κ2) is 7.00. The molecule has 0 aliphatic rings. The number of nitrogens with zero attached hydrogens (tertiary/aromatic N) is 3. The van der Waals surface area contributed by atoms with Crippen LogP contribution < -0.4 is 10.9 Å². The van der Waals surface area contributed by atoms with Crippen LogP contribution >= 0.6 is 11.3 Å². The fraction of sp³-hybridized carbons (Fsp3) is 0.231. The van der Waals surface area contributed by atoms with Crippen molar-refractivity contribution >= 4 is 34.0 Å². The van der Waals surface area contributed by atoms with Gasteiger partial charge < -0.3 is 14.6 Å². The van der Waals surface area contributed by atoms with Crippen LogP contribution in [0.5, 0.6) is 0 Å². The summed E-state index contributed by atoms with van der Waals surface area (Å²) < 4.78 is 5.47. The van der Waals surface area contributed by atoms with E-state index in [1.165, 1.54) is 6.92 Å². The molecule has 1 amide bonds. The molecule has 0 aliphatic heterocycles. The molecule has 0 aliphatic carbocycles. The Balaban J connectivity index is 2.42. The summed E-state index contributed by atoms with van der Waals surface area (Å²) in [6, 6.07) is 0.869. The maximum absolute atomic E-state index is 12.3. The van der Waals surface area contributed by atoms with Gasteiger partial charge >= 0.3 is 5.97 Å². The van der Waals surface area contributed by atoms with E-state index in [1.807, 2.05) is 0 Å². The predicted octanol–water partition coefficient (Wildman–Crippen LogP) is 1.01. The standard InChI is InChI=1S/C13H12N4O6S/c1-7(18)14-13-15-8(6-24-13)4-16-5-9(17(21)22)3-10(11(16)19)12(20)23-2/h3,5-6H,4H2,1-2H3,(H,14,15,18). The molecule has 2 rings (SSSR count). The first-order valence-corrected chi connectivity index (χ1v) is 7.39. The van der Waals surface area contributed by atoms with Gasteiger partial charge in [0.25, 0.3) is 11.2 Å². The van der Waals surface area contributed by atoms with Gasteiger partial charge in [0, 0.05) is 18.4 Å². The Labute approximate surface area is 138 Å². The molecule has 0 aromatic carbocycles. The molecule has 0 spiro atoms. The van der Waals surface area contributed by atoms with E-state index >= 15 is 0 Å². The Morgan fingerprint density at radius 1 is 1.50 bits per heavy atom. The van der Waals surface area contributed by atoms with E-state index in [4.69, 9.17) is 0 Å². The first-order chi connectivity index (χ1) is 11.3. The van der Waals surface area contributed by atoms with Crippen LogP contribution in [0.1, 0.15) is 23.0 Å². The van der Waals surface area contributed by atoms with Gasteiger partial charge in [-0.25, -0.2) is 9.78 Å². The normalized spacial score (nSPS) is 10.2. The number of ether oxygens (including phenoxy) is 1. The average molecular weight is 352 g/mol. The first kappa shape index (κ1) is 17.3. The number of esters is 1. The lowest BCUT2D eigenvalue weighted by atomic mass is 10.2. The summed E-state index contributed by atoms with van der Waals surface area (Å²) >= 11 is 1.14. The Morgan fingerprint density at radius 3 is 2.79 bits per heavy atom. The van der Waals surface area contributed by atoms with Gasteiger partial charge in [-0.05, 0) is 0 Å². The summed E-state index contributed by atoms with van der Waals surface area (Å²) in [5, 5.41) is 15.4. The number of nitrogens with one attached hydrogen (secondary N) is 1. The third-order valence-electron chi connectivity index (χ3n) is 2.85. The molecule has 0 unspecified atom stereocenters. The average Bonchev–Trinajstić information content (AvgIpc) is 2.94. The Morgan fingerprint density at radius 2 is 2.21 bits per heavy atom. The number of amides is 1. The van der Waals surface area contributed by atoms with E-state index in [-0.39, 0.29) is 12.5 Å². The molecular weight excluding hydrogens is 340 g/mol. The lowest BCUT2D eigenvalue weighted by Crippen LogP contribution is -2.27. The summed E-state index contributed by atoms with van der Waals surface area (Å²) in [6.45, 7) is 1.23. The van der Waals surface area contributed by atoms with Gasteiger partial charge in [-0.15, -0.1) is 11.3 Å². The second-order valence-electron chi connectivity index (χ2n) is 4.62. The number of thiazole rings is 1. The van der Waals surface area contributed by atoms with Crippen LogP contribution in [-0.4, -0.2) is 33.5 Å². The Kier molecular flexibility index (Phi) is 5.04. The van der Waals surface area contributed by atoms with Crippen LogP contribution in [0.4, 0.5) is 10.8 Å². The number of hydrogen-bond acceptors (Lipinski definition) is 8. The van der Waals surface area contributed by atoms with Crippen molar-refractivity contribution < 1.29 is 19.2 Å². The smallest absolute Gasteiger partial charge is 0.343 e. The lowest BCUT2D eigenvalue weighted by Gasteiger charge is -2.06. The Hall–Kier alpha value is -3.08. The fourth-order valence-electron chi connectivity index (χ4n) is 1.86. The summed E-state index contributed by atoms with van der Waals surface area (Å²) in [5.74, 6) is -1.26. The number of nitro groups is 1. The minimum absolute atomic E-state index is 0.0966. The van der Waals surface area contributed by atoms with E-state index < -0.39 is 27.7 Å². The number of anilines is 1. The van der Waals surface area contributed by atoms with Gasteiger partial charge in [0.2, 0.25) is 5.91 Å². The predicted molar refractivity (Wildman–Crippen MR) is 84.2 cm³/mol. The zero-order valence-electron chi connectivity index (χ0n) is 12.6. The van der Waals surface area contributed by atoms with Crippen molar-refractivity contribution in [3.05, 3.63) is 49.4 Å². The molecule has 2 heterocycles. The molecule has 2 aromatic rings. The molecule has 0 saturated carbocycles. The third-order valence-corrected chi connectivity index (χ3v) is 3.66. The minimum Gasteiger partial charge on any atom is -0.465 e. The van der Waals surface area contributed by atoms with Crippen molar-refractivity contribution in [3.8, 4) is 0 Å². The maximum atomic E-state index is 12.3. The van der Waals surface area contributed by atoms with Gasteiger partial charge in [0.05, 0.1) is 30.5 Å². The first-order valence-electron chi connectivity index (χ1n) is 6.51. The number of rotatable bonds is 5. The lowest BCUT2D eigenvalue weighted by molar-refractivity contribution is -0.385. The summed E-state index contributed by atoms with van der Waals surface area (Å²) in [6.07, 6.45) is 1.02. The quantitative estimate of drug-likeness (QED) is 0.482. The SMILES string of the molecule is COC(=O)c1cc([N+](=O)[O-])cn(Cc2csc(NC(C)=O)n2)c1=O. The summed E-state index contributed by atoms with van der Waals surface area (Å²) in [7, 11) is 1.07. The molecular formula is C13H12N4O6S. The molecule has 1 N–H and O–H groups in total. The van der Waals surface area contributed by atoms with Crippen molar-refractivity contribution in [2.45, 2.75) is 13.5 Å². The molecule has 2 aromatic heterocycles. The monoisotopic (exact) mass is 352 g/mol. The minimum atomic E-state index is -0.963. The fourth-order valence-corrected chi connectivity index (χ4v) is 2.60. The second-order valence-corrected chi connectivity index (χ2v) is 5.48. The van der Waals surface area contributed by atoms with Crippen molar-refractivity contribution in [2.24, 2.45) is 0 Å². The zero-order chi connectivity index (χ0) is 17.9. The van der Waals surface area contributed by atoms with Crippen LogP contribution in [0.25, 0.3) is 0 Å². The van der Waals surface area contributed by atoms with Crippen molar-refractivity contribution in [2.75, 3.05) is 12.4 Å². The van der Waals surface area contributed by atoms with Crippen LogP contribution in [0, 0.1) is 10.1 Å². The number of pyridine rings is 1. The van der Waals surface area contributed by atoms with E-state index in [0.717, 1.165) is 35.3 Å². The highest BCUT2D eigenvalue weighted by Gasteiger charge is 2.20. The summed E-state index contributed by atoms with van der Waals surface area (Å²) in [4.78, 5) is 49.2. The highest BCUT2D eigenvalue weighted by Crippen LogP contribution is 2.17. The topological polar surface area (TPSA) is 133 Å². The largest absolute Gasteiger partial charge is 0.465 e. The van der Waals surface area contributed by atoms with Crippen LogP contribution in [0.2, 0.25) is 0 Å². The van der Waals surface area contributed by atoms with Gasteiger partial charge in [-0.2, -0.15) is 0 Å². The van der Waals surface area contributed by atoms with Gasteiger partial charge in [-0.3, -0.25) is 19.7 Å². The number of hydrogen-bond donors (Lipinski definition) is 1. The molecule has 0 bridgehead atoms. The Bertz CT molecular complexity index is 872. The van der Waals surface area contributed by atoms with Gasteiger partial charge in [0.1, 0.15) is 5.56 Å². The molecule has 0 radical (unpaired) electrons. The number of aromatic nitrogens is 2. The number of carbonyl (C=O) groups is 2. The van der Waals surface area contributed by atoms with E-state index in [2.05, 4.69) is 15.0 Å². The molecule has 11 heteroatoms. The van der Waals surface area contributed by atoms with E-state index in [0.29, 0.717) is 10.8 Å². The van der Waals surface area contributed by atoms with Crippen molar-refractivity contribution in [1.29, 1.82) is 0 Å². The van der Waals surface area contributed by atoms with Crippen molar-refractivity contribution in [3.63, 3.8) is 0 Å². The zero-order valence-corrected chi connectivity index (χ0v) is 13.5. The molecule has 0 saturated heterocycles. The van der Waals surface area contributed by atoms with Crippen LogP contribution in [0.3, 0.4) is 0 Å². The molecule has 0 fully saturated rings. The molecule has 24 heavy (non-hydrogen) atoms. The molecule has 126 valence electrons. The van der Waals surface area contributed by atoms with E-state index in [9.17, 15) is 24.5 Å². The third kappa shape index (κ3) is 3.81. The van der Waals surface area contributed by atoms with Crippen LogP contribution in [-0.2, 0) is 16.1 Å². The summed E-state index contributed by atoms with van der Waals surface area (Å²) in [5.41, 5.74) is -1.19. The number of carbonyl (C=O) groups excluding carboxylic acids is 2. The van der Waals surface area contributed by atoms with Gasteiger partial charge in [0.15, 0.2) is 5.13 Å². The van der Waals surface area contributed by atoms with Crippen LogP contribution in [0.15, 0.2) is 22.4 Å². The molecule has 0 atom stereocenters.